The zero-order valence-electron chi connectivity index (χ0n) is 17.0. The van der Waals surface area contributed by atoms with Crippen LogP contribution in [0.25, 0.3) is 0 Å². The second kappa shape index (κ2) is 10.2. The summed E-state index contributed by atoms with van der Waals surface area (Å²) in [6.07, 6.45) is 7.48. The van der Waals surface area contributed by atoms with Crippen LogP contribution in [-0.2, 0) is 29.3 Å². The van der Waals surface area contributed by atoms with Gasteiger partial charge >= 0.3 is 0 Å². The number of furan rings is 1. The summed E-state index contributed by atoms with van der Waals surface area (Å²) in [5, 5.41) is 3.04. The van der Waals surface area contributed by atoms with Crippen molar-refractivity contribution in [2.75, 3.05) is 19.6 Å². The van der Waals surface area contributed by atoms with E-state index in [-0.39, 0.29) is 5.91 Å². The van der Waals surface area contributed by atoms with Crippen LogP contribution in [-0.4, -0.2) is 40.4 Å². The molecule has 0 radical (unpaired) electrons. The maximum Gasteiger partial charge on any atom is 0.234 e. The van der Waals surface area contributed by atoms with Gasteiger partial charge in [0, 0.05) is 31.4 Å². The number of likely N-dealkylation sites (tertiary alicyclic amines) is 1. The van der Waals surface area contributed by atoms with Gasteiger partial charge in [0.25, 0.3) is 0 Å². The van der Waals surface area contributed by atoms with Crippen molar-refractivity contribution in [2.24, 2.45) is 0 Å². The molecule has 0 bridgehead atoms. The second-order valence-electron chi connectivity index (χ2n) is 7.72. The van der Waals surface area contributed by atoms with Crippen LogP contribution in [0.3, 0.4) is 0 Å². The molecular weight excluding hydrogens is 380 g/mol. The Morgan fingerprint density at radius 3 is 3.03 bits per heavy atom. The Balaban J connectivity index is 1.21. The van der Waals surface area contributed by atoms with Gasteiger partial charge in [0.2, 0.25) is 5.91 Å². The zero-order valence-corrected chi connectivity index (χ0v) is 17.0. The van der Waals surface area contributed by atoms with Crippen LogP contribution in [0.15, 0.2) is 59.5 Å². The number of aromatic nitrogens is 2. The molecule has 1 atom stereocenters. The highest BCUT2D eigenvalue weighted by Gasteiger charge is 2.24. The lowest BCUT2D eigenvalue weighted by Crippen LogP contribution is -2.42. The third kappa shape index (κ3) is 5.81. The van der Waals surface area contributed by atoms with E-state index in [1.807, 2.05) is 36.5 Å². The molecule has 1 aromatic carbocycles. The molecule has 1 amide bonds. The number of carbonyl (C=O) groups excluding carboxylic acids is 1. The molecule has 7 heteroatoms. The third-order valence-electron chi connectivity index (χ3n) is 5.35. The summed E-state index contributed by atoms with van der Waals surface area (Å²) in [6.45, 7) is 3.70. The highest BCUT2D eigenvalue weighted by atomic mass is 16.5. The predicted octanol–water partition coefficient (Wildman–Crippen LogP) is 3.22. The van der Waals surface area contributed by atoms with E-state index in [0.29, 0.717) is 32.2 Å². The molecule has 7 nitrogen and oxygen atoms in total. The number of hydrogen-bond acceptors (Lipinski definition) is 5. The van der Waals surface area contributed by atoms with Gasteiger partial charge < -0.3 is 19.5 Å². The molecule has 0 spiro atoms. The Hall–Kier alpha value is -2.90. The smallest absolute Gasteiger partial charge is 0.234 e. The first-order valence-corrected chi connectivity index (χ1v) is 10.4. The second-order valence-corrected chi connectivity index (χ2v) is 7.72. The van der Waals surface area contributed by atoms with Crippen molar-refractivity contribution in [1.29, 1.82) is 0 Å². The van der Waals surface area contributed by atoms with Crippen LogP contribution in [0.2, 0.25) is 0 Å². The molecule has 1 aliphatic heterocycles. The molecule has 4 rings (SSSR count). The summed E-state index contributed by atoms with van der Waals surface area (Å²) in [6, 6.07) is 11.8. The molecule has 1 aliphatic rings. The van der Waals surface area contributed by atoms with E-state index in [1.165, 1.54) is 0 Å². The SMILES string of the molecule is O=C(CN1CCCC(c2ncc[nH]2)C1)NCc1cccc(COCc2ccco2)c1. The van der Waals surface area contributed by atoms with Crippen molar-refractivity contribution >= 4 is 5.91 Å². The first-order chi connectivity index (χ1) is 14.8. The minimum absolute atomic E-state index is 0.0505. The number of benzene rings is 1. The van der Waals surface area contributed by atoms with Gasteiger partial charge in [-0.3, -0.25) is 9.69 Å². The van der Waals surface area contributed by atoms with Crippen molar-refractivity contribution in [3.63, 3.8) is 0 Å². The van der Waals surface area contributed by atoms with Gasteiger partial charge in [-0.25, -0.2) is 4.98 Å². The van der Waals surface area contributed by atoms with Gasteiger partial charge in [-0.05, 0) is 42.6 Å². The predicted molar refractivity (Wildman–Crippen MR) is 112 cm³/mol. The van der Waals surface area contributed by atoms with E-state index >= 15 is 0 Å². The number of ether oxygens (including phenoxy) is 1. The third-order valence-corrected chi connectivity index (χ3v) is 5.35. The normalized spacial score (nSPS) is 17.1. The van der Waals surface area contributed by atoms with Crippen molar-refractivity contribution < 1.29 is 13.9 Å². The zero-order chi connectivity index (χ0) is 20.6. The Bertz CT molecular complexity index is 908. The van der Waals surface area contributed by atoms with Crippen molar-refractivity contribution in [3.05, 3.63) is 77.8 Å². The van der Waals surface area contributed by atoms with Gasteiger partial charge in [-0.2, -0.15) is 0 Å². The van der Waals surface area contributed by atoms with Gasteiger partial charge in [-0.1, -0.05) is 24.3 Å². The van der Waals surface area contributed by atoms with E-state index < -0.39 is 0 Å². The Morgan fingerprint density at radius 1 is 1.27 bits per heavy atom. The quantitative estimate of drug-likeness (QED) is 0.568. The highest BCUT2D eigenvalue weighted by Crippen LogP contribution is 2.23. The average Bonchev–Trinajstić information content (AvgIpc) is 3.47. The Kier molecular flexibility index (Phi) is 6.95. The number of hydrogen-bond donors (Lipinski definition) is 2. The topological polar surface area (TPSA) is 83.4 Å². The number of imidazole rings is 1. The fraction of sp³-hybridized carbons (Fsp3) is 0.391. The molecule has 30 heavy (non-hydrogen) atoms. The number of nitrogens with one attached hydrogen (secondary N) is 2. The number of rotatable bonds is 9. The number of piperidine rings is 1. The average molecular weight is 409 g/mol. The van der Waals surface area contributed by atoms with Gasteiger partial charge in [0.05, 0.1) is 19.4 Å². The van der Waals surface area contributed by atoms with E-state index in [2.05, 4.69) is 26.3 Å². The molecule has 3 heterocycles. The highest BCUT2D eigenvalue weighted by molar-refractivity contribution is 5.78. The molecule has 0 saturated carbocycles. The number of carbonyl (C=O) groups is 1. The van der Waals surface area contributed by atoms with Crippen LogP contribution in [0.1, 0.15) is 41.5 Å². The fourth-order valence-corrected chi connectivity index (χ4v) is 3.88. The molecule has 1 unspecified atom stereocenters. The van der Waals surface area contributed by atoms with Gasteiger partial charge in [0.1, 0.15) is 18.2 Å². The number of amides is 1. The molecular formula is C23H28N4O3. The molecule has 3 aromatic rings. The lowest BCUT2D eigenvalue weighted by molar-refractivity contribution is -0.122. The summed E-state index contributed by atoms with van der Waals surface area (Å²) < 4.78 is 11.0. The van der Waals surface area contributed by atoms with Crippen molar-refractivity contribution in [2.45, 2.75) is 38.5 Å². The van der Waals surface area contributed by atoms with E-state index in [9.17, 15) is 4.79 Å². The van der Waals surface area contributed by atoms with Gasteiger partial charge in [0.15, 0.2) is 0 Å². The number of aromatic amines is 1. The maximum atomic E-state index is 12.5. The van der Waals surface area contributed by atoms with Crippen molar-refractivity contribution in [3.8, 4) is 0 Å². The number of nitrogens with zero attached hydrogens (tertiary/aromatic N) is 2. The monoisotopic (exact) mass is 408 g/mol. The fourth-order valence-electron chi connectivity index (χ4n) is 3.88. The first-order valence-electron chi connectivity index (χ1n) is 10.4. The summed E-state index contributed by atoms with van der Waals surface area (Å²) in [7, 11) is 0. The summed E-state index contributed by atoms with van der Waals surface area (Å²) in [5.74, 6) is 2.26. The first kappa shape index (κ1) is 20.4. The van der Waals surface area contributed by atoms with Crippen LogP contribution in [0, 0.1) is 0 Å². The lowest BCUT2D eigenvalue weighted by Gasteiger charge is -2.31. The summed E-state index contributed by atoms with van der Waals surface area (Å²) >= 11 is 0. The van der Waals surface area contributed by atoms with Crippen LogP contribution < -0.4 is 5.32 Å². The largest absolute Gasteiger partial charge is 0.467 e. The van der Waals surface area contributed by atoms with Crippen molar-refractivity contribution in [1.82, 2.24) is 20.2 Å². The molecule has 2 N–H and O–H groups in total. The maximum absolute atomic E-state index is 12.5. The lowest BCUT2D eigenvalue weighted by atomic mass is 9.97. The standard InChI is InChI=1S/C23H28N4O3/c28-22(15-27-10-2-6-20(14-27)23-24-8-9-25-23)26-13-18-4-1-5-19(12-18)16-29-17-21-7-3-11-30-21/h1,3-5,7-9,11-12,20H,2,6,10,13-17H2,(H,24,25)(H,26,28). The number of H-pyrrole nitrogens is 1. The minimum atomic E-state index is 0.0505. The van der Waals surface area contributed by atoms with Crippen LogP contribution in [0.5, 0.6) is 0 Å². The Labute approximate surface area is 176 Å². The van der Waals surface area contributed by atoms with E-state index in [1.54, 1.807) is 12.5 Å². The molecule has 1 saturated heterocycles. The van der Waals surface area contributed by atoms with E-state index in [4.69, 9.17) is 9.15 Å². The van der Waals surface area contributed by atoms with Crippen LogP contribution >= 0.6 is 0 Å². The molecule has 1 fully saturated rings. The molecule has 0 aliphatic carbocycles. The Morgan fingerprint density at radius 2 is 2.20 bits per heavy atom. The van der Waals surface area contributed by atoms with Gasteiger partial charge in [-0.15, -0.1) is 0 Å². The van der Waals surface area contributed by atoms with E-state index in [0.717, 1.165) is 48.6 Å². The molecule has 2 aromatic heterocycles. The minimum Gasteiger partial charge on any atom is -0.467 e. The summed E-state index contributed by atoms with van der Waals surface area (Å²) in [4.78, 5) is 22.2. The summed E-state index contributed by atoms with van der Waals surface area (Å²) in [5.41, 5.74) is 2.14. The van der Waals surface area contributed by atoms with Crippen LogP contribution in [0.4, 0.5) is 0 Å². The molecule has 158 valence electrons.